The molecule has 0 fully saturated rings. The van der Waals surface area contributed by atoms with E-state index >= 15 is 0 Å². The number of aryl methyl sites for hydroxylation is 2. The summed E-state index contributed by atoms with van der Waals surface area (Å²) in [5.41, 5.74) is 14.2. The Kier molecular flexibility index (Phi) is 17.6. The Morgan fingerprint density at radius 1 is 0.444 bits per heavy atom. The van der Waals surface area contributed by atoms with Gasteiger partial charge in [0, 0.05) is 0 Å². The molecule has 6 rings (SSSR count). The maximum Gasteiger partial charge on any atom is 2.00 e. The number of fused-ring (bicyclic) bond motifs is 2. The average molecular weight is 839 g/mol. The van der Waals surface area contributed by atoms with Gasteiger partial charge in [0.1, 0.15) is 0 Å². The molecule has 0 bridgehead atoms. The van der Waals surface area contributed by atoms with Crippen molar-refractivity contribution in [1.29, 1.82) is 0 Å². The summed E-state index contributed by atoms with van der Waals surface area (Å²) in [7, 11) is 0. The predicted molar refractivity (Wildman–Crippen MR) is 230 cm³/mol. The fourth-order valence-corrected chi connectivity index (χ4v) is 6.57. The van der Waals surface area contributed by atoms with Gasteiger partial charge >= 0.3 is 26.2 Å². The Hall–Kier alpha value is -2.44. The summed E-state index contributed by atoms with van der Waals surface area (Å²) in [6.07, 6.45) is 0.750. The summed E-state index contributed by atoms with van der Waals surface area (Å²) in [6.45, 7) is 38.7. The van der Waals surface area contributed by atoms with E-state index in [1.165, 1.54) is 77.2 Å². The molecule has 0 amide bonds. The van der Waals surface area contributed by atoms with E-state index in [-0.39, 0.29) is 72.7 Å². The molecule has 6 aromatic rings. The van der Waals surface area contributed by atoms with E-state index in [2.05, 4.69) is 208 Å². The van der Waals surface area contributed by atoms with Crippen LogP contribution < -0.4 is 24.8 Å². The molecule has 0 heterocycles. The van der Waals surface area contributed by atoms with E-state index in [0.29, 0.717) is 0 Å². The van der Waals surface area contributed by atoms with Crippen LogP contribution in [0.15, 0.2) is 97.1 Å². The second-order valence-corrected chi connectivity index (χ2v) is 18.6. The van der Waals surface area contributed by atoms with Crippen molar-refractivity contribution in [3.8, 4) is 22.3 Å². The topological polar surface area (TPSA) is 0 Å². The van der Waals surface area contributed by atoms with Crippen molar-refractivity contribution in [3.63, 3.8) is 0 Å². The number of rotatable bonds is 2. The van der Waals surface area contributed by atoms with Crippen LogP contribution in [0.4, 0.5) is 0 Å². The van der Waals surface area contributed by atoms with Crippen LogP contribution >= 0.6 is 0 Å². The van der Waals surface area contributed by atoms with Gasteiger partial charge in [-0.3, -0.25) is 0 Å². The van der Waals surface area contributed by atoms with E-state index in [9.17, 15) is 0 Å². The van der Waals surface area contributed by atoms with Gasteiger partial charge in [-0.25, -0.2) is 0 Å². The molecule has 0 spiro atoms. The molecule has 0 aliphatic rings. The van der Waals surface area contributed by atoms with E-state index < -0.39 is 0 Å². The third-order valence-corrected chi connectivity index (χ3v) is 9.74. The fourth-order valence-electron chi connectivity index (χ4n) is 6.57. The van der Waals surface area contributed by atoms with Crippen LogP contribution in [0.3, 0.4) is 0 Å². The number of benzene rings is 4. The maximum absolute atomic E-state index is 3.38. The molecule has 290 valence electrons. The molecule has 0 nitrogen and oxygen atoms in total. The Morgan fingerprint density at radius 3 is 0.944 bits per heavy atom. The molecule has 0 aliphatic heterocycles. The van der Waals surface area contributed by atoms with Gasteiger partial charge in [0.05, 0.1) is 0 Å². The minimum atomic E-state index is 0. The van der Waals surface area contributed by atoms with E-state index in [1.54, 1.807) is 0 Å². The molecule has 0 aliphatic carbocycles. The zero-order valence-corrected chi connectivity index (χ0v) is 39.6. The molecular weight excluding hydrogens is 775 g/mol. The van der Waals surface area contributed by atoms with Crippen molar-refractivity contribution in [2.45, 2.75) is 125 Å². The summed E-state index contributed by atoms with van der Waals surface area (Å²) in [5.74, 6) is 0. The van der Waals surface area contributed by atoms with Crippen LogP contribution in [0.1, 0.15) is 123 Å². The molecule has 0 aromatic heterocycles. The van der Waals surface area contributed by atoms with Crippen LogP contribution in [-0.4, -0.2) is 0 Å². The first-order valence-corrected chi connectivity index (χ1v) is 18.8. The Labute approximate surface area is 361 Å². The first-order chi connectivity index (χ1) is 23.5. The molecule has 54 heavy (non-hydrogen) atoms. The summed E-state index contributed by atoms with van der Waals surface area (Å²) >= 11 is 0. The van der Waals surface area contributed by atoms with Crippen molar-refractivity contribution in [2.75, 3.05) is 0 Å². The molecule has 0 atom stereocenters. The van der Waals surface area contributed by atoms with Gasteiger partial charge in [-0.15, -0.1) is 69.1 Å². The van der Waals surface area contributed by atoms with Crippen molar-refractivity contribution in [3.05, 3.63) is 144 Å². The standard InChI is InChI=1S/2C24H29.C3H6.2ClH.Zr/c2*1-16-11-17-9-8-10-21(22(17)12-16)18-13-19(23(2,3)4)15-20(14-18)24(5,6)7;1-3-2;;;/h2*8-15H,1-7H3;1-3H2;2*1H;/q2*-1;-2;;;+2/p-2. The SMILES string of the molecule is Cc1cc2c(-c3cc(C(C)(C)C)cc(C(C)(C)C)c3)cccc2[cH-]1.Cc1cc2c(-c3cc(C(C)(C)C)cc(C(C)(C)C)c3)cccc2[cH-]1.[CH2-]C[CH2-].[Cl-].[Cl-].[Zr+2]. The van der Waals surface area contributed by atoms with Crippen LogP contribution in [-0.2, 0) is 47.9 Å². The Bertz CT molecular complexity index is 1880. The molecule has 0 unspecified atom stereocenters. The zero-order chi connectivity index (χ0) is 38.1. The molecule has 0 saturated carbocycles. The van der Waals surface area contributed by atoms with Crippen molar-refractivity contribution < 1.29 is 51.0 Å². The largest absolute Gasteiger partial charge is 2.00 e. The van der Waals surface area contributed by atoms with E-state index in [4.69, 9.17) is 0 Å². The van der Waals surface area contributed by atoms with Crippen molar-refractivity contribution in [1.82, 2.24) is 0 Å². The predicted octanol–water partition coefficient (Wildman–Crippen LogP) is 9.31. The van der Waals surface area contributed by atoms with Gasteiger partial charge in [-0.1, -0.05) is 157 Å². The first kappa shape index (κ1) is 49.6. The van der Waals surface area contributed by atoms with E-state index in [0.717, 1.165) is 6.42 Å². The van der Waals surface area contributed by atoms with Gasteiger partial charge in [-0.2, -0.15) is 12.1 Å². The first-order valence-electron chi connectivity index (χ1n) is 18.8. The molecule has 6 aromatic carbocycles. The second kappa shape index (κ2) is 19.1. The minimum Gasteiger partial charge on any atom is -1.00 e. The molecular formula is C51H64Cl2Zr-4. The van der Waals surface area contributed by atoms with Crippen molar-refractivity contribution in [2.24, 2.45) is 0 Å². The van der Waals surface area contributed by atoms with Gasteiger partial charge in [0.25, 0.3) is 0 Å². The number of halogens is 2. The summed E-state index contributed by atoms with van der Waals surface area (Å²) in [4.78, 5) is 0. The smallest absolute Gasteiger partial charge is 1.00 e. The van der Waals surface area contributed by atoms with Gasteiger partial charge in [0.15, 0.2) is 0 Å². The Morgan fingerprint density at radius 2 is 0.704 bits per heavy atom. The molecule has 3 heteroatoms. The van der Waals surface area contributed by atoms with Crippen LogP contribution in [0.5, 0.6) is 0 Å². The fraction of sp³-hybridized carbons (Fsp3) is 0.373. The molecule has 0 saturated heterocycles. The van der Waals surface area contributed by atoms with Gasteiger partial charge < -0.3 is 45.1 Å². The van der Waals surface area contributed by atoms with Crippen LogP contribution in [0.25, 0.3) is 43.8 Å². The zero-order valence-electron chi connectivity index (χ0n) is 35.6. The maximum atomic E-state index is 3.38. The minimum absolute atomic E-state index is 0. The average Bonchev–Trinajstić information content (AvgIpc) is 3.60. The van der Waals surface area contributed by atoms with E-state index in [1.807, 2.05) is 0 Å². The third kappa shape index (κ3) is 12.3. The van der Waals surface area contributed by atoms with Crippen LogP contribution in [0.2, 0.25) is 0 Å². The number of hydrogen-bond acceptors (Lipinski definition) is 0. The van der Waals surface area contributed by atoms with Gasteiger partial charge in [0.2, 0.25) is 0 Å². The number of hydrogen-bond donors (Lipinski definition) is 0. The second-order valence-electron chi connectivity index (χ2n) is 18.6. The summed E-state index contributed by atoms with van der Waals surface area (Å²) < 4.78 is 0. The summed E-state index contributed by atoms with van der Waals surface area (Å²) in [6, 6.07) is 36.8. The van der Waals surface area contributed by atoms with Crippen molar-refractivity contribution >= 4 is 21.5 Å². The normalized spacial score (nSPS) is 11.7. The summed E-state index contributed by atoms with van der Waals surface area (Å²) in [5, 5.41) is 5.40. The third-order valence-electron chi connectivity index (χ3n) is 9.74. The van der Waals surface area contributed by atoms with Crippen LogP contribution in [0, 0.1) is 27.7 Å². The quantitative estimate of drug-likeness (QED) is 0.153. The Balaban J connectivity index is 0.000000479. The van der Waals surface area contributed by atoms with Gasteiger partial charge in [-0.05, 0) is 55.0 Å². The molecule has 0 N–H and O–H groups in total. The monoisotopic (exact) mass is 836 g/mol. The molecule has 0 radical (unpaired) electrons.